The molecule has 0 aromatic rings. The molecule has 5 heteroatoms. The van der Waals surface area contributed by atoms with E-state index in [9.17, 15) is 14.7 Å². The summed E-state index contributed by atoms with van der Waals surface area (Å²) >= 11 is 0. The van der Waals surface area contributed by atoms with Crippen LogP contribution < -0.4 is 0 Å². The molecule has 4 aliphatic rings. The molecule has 4 aliphatic carbocycles. The summed E-state index contributed by atoms with van der Waals surface area (Å²) < 4.78 is 11.2. The predicted molar refractivity (Wildman–Crippen MR) is 104 cm³/mol. The lowest BCUT2D eigenvalue weighted by atomic mass is 9.43. The minimum Gasteiger partial charge on any atom is -0.462 e. The number of aliphatic hydroxyl groups is 1. The maximum absolute atomic E-state index is 11.7. The molecule has 5 nitrogen and oxygen atoms in total. The molecule has 158 valence electrons. The van der Waals surface area contributed by atoms with Crippen LogP contribution in [0, 0.1) is 28.6 Å². The Balaban J connectivity index is 1.56. The summed E-state index contributed by atoms with van der Waals surface area (Å²) in [4.78, 5) is 23.0. The summed E-state index contributed by atoms with van der Waals surface area (Å²) in [5, 5.41) is 11.7. The first-order chi connectivity index (χ1) is 13.1. The summed E-state index contributed by atoms with van der Waals surface area (Å²) in [7, 11) is 0. The second-order valence-corrected chi connectivity index (χ2v) is 10.6. The van der Waals surface area contributed by atoms with Gasteiger partial charge in [-0.3, -0.25) is 9.59 Å². The zero-order chi connectivity index (χ0) is 20.3. The van der Waals surface area contributed by atoms with Crippen molar-refractivity contribution < 1.29 is 24.2 Å². The highest BCUT2D eigenvalue weighted by Crippen LogP contribution is 2.67. The lowest BCUT2D eigenvalue weighted by molar-refractivity contribution is -0.225. The van der Waals surface area contributed by atoms with Gasteiger partial charge in [0.05, 0.1) is 5.60 Å². The molecule has 8 atom stereocenters. The Bertz CT molecular complexity index is 661. The van der Waals surface area contributed by atoms with Gasteiger partial charge in [-0.25, -0.2) is 0 Å². The third kappa shape index (κ3) is 2.91. The van der Waals surface area contributed by atoms with Gasteiger partial charge in [0.15, 0.2) is 0 Å². The van der Waals surface area contributed by atoms with Gasteiger partial charge in [-0.1, -0.05) is 13.8 Å². The van der Waals surface area contributed by atoms with E-state index < -0.39 is 5.60 Å². The van der Waals surface area contributed by atoms with Crippen LogP contribution in [0.2, 0.25) is 0 Å². The fourth-order valence-electron chi connectivity index (χ4n) is 7.89. The highest BCUT2D eigenvalue weighted by Gasteiger charge is 2.65. The van der Waals surface area contributed by atoms with Crippen molar-refractivity contribution in [3.05, 3.63) is 0 Å². The molecule has 3 unspecified atom stereocenters. The average molecular weight is 393 g/mol. The molecule has 0 saturated heterocycles. The summed E-state index contributed by atoms with van der Waals surface area (Å²) in [5.41, 5.74) is -0.783. The molecule has 0 aromatic heterocycles. The number of esters is 2. The van der Waals surface area contributed by atoms with Crippen molar-refractivity contribution in [1.82, 2.24) is 0 Å². The van der Waals surface area contributed by atoms with Crippen LogP contribution >= 0.6 is 0 Å². The number of carbonyl (C=O) groups is 2. The molecule has 0 amide bonds. The van der Waals surface area contributed by atoms with Crippen molar-refractivity contribution in [2.45, 2.75) is 103 Å². The van der Waals surface area contributed by atoms with Crippen LogP contribution in [0.15, 0.2) is 0 Å². The number of hydrogen-bond donors (Lipinski definition) is 1. The third-order valence-electron chi connectivity index (χ3n) is 9.31. The van der Waals surface area contributed by atoms with Gasteiger partial charge in [0.2, 0.25) is 0 Å². The predicted octanol–water partition coefficient (Wildman–Crippen LogP) is 4.01. The van der Waals surface area contributed by atoms with Gasteiger partial charge in [-0.05, 0) is 74.5 Å². The van der Waals surface area contributed by atoms with Crippen LogP contribution in [0.5, 0.6) is 0 Å². The van der Waals surface area contributed by atoms with E-state index in [1.807, 2.05) is 0 Å². The molecule has 4 fully saturated rings. The van der Waals surface area contributed by atoms with Gasteiger partial charge in [0, 0.05) is 25.7 Å². The summed E-state index contributed by atoms with van der Waals surface area (Å²) in [5.74, 6) is 1.25. The topological polar surface area (TPSA) is 72.8 Å². The standard InChI is InChI=1S/C23H36O5/c1-14(24)27-16-7-11-22(4)19-9-10-21(3)18(5-6-20(21)28-15(2)25)17(19)8-12-23(22,26)13-16/h16-20,26H,5-13H2,1-4H3/t16?,17-,18-,19+,20?,21-,22+,23?/m0/s1. The molecular formula is C23H36O5. The zero-order valence-corrected chi connectivity index (χ0v) is 17.8. The second kappa shape index (κ2) is 6.72. The minimum absolute atomic E-state index is 0.0456. The van der Waals surface area contributed by atoms with Crippen LogP contribution in [0.4, 0.5) is 0 Å². The Morgan fingerprint density at radius 1 is 0.857 bits per heavy atom. The summed E-state index contributed by atoms with van der Waals surface area (Å²) in [6.07, 6.45) is 8.29. The maximum Gasteiger partial charge on any atom is 0.302 e. The van der Waals surface area contributed by atoms with Crippen molar-refractivity contribution >= 4 is 11.9 Å². The minimum atomic E-state index is -0.742. The SMILES string of the molecule is CC(=O)OC1CC[C@]2(C)[C@@H]3CC[C@]4(C)C(OC(C)=O)CC[C@H]4[C@@H]3CCC2(O)C1. The average Bonchev–Trinajstić information content (AvgIpc) is 2.91. The van der Waals surface area contributed by atoms with Crippen molar-refractivity contribution in [2.75, 3.05) is 0 Å². The van der Waals surface area contributed by atoms with Gasteiger partial charge in [-0.2, -0.15) is 0 Å². The van der Waals surface area contributed by atoms with Crippen LogP contribution in [0.25, 0.3) is 0 Å². The molecule has 0 bridgehead atoms. The van der Waals surface area contributed by atoms with Crippen molar-refractivity contribution in [1.29, 1.82) is 0 Å². The van der Waals surface area contributed by atoms with Gasteiger partial charge in [-0.15, -0.1) is 0 Å². The van der Waals surface area contributed by atoms with Gasteiger partial charge < -0.3 is 14.6 Å². The number of ether oxygens (including phenoxy) is 2. The van der Waals surface area contributed by atoms with E-state index in [0.717, 1.165) is 51.4 Å². The largest absolute Gasteiger partial charge is 0.462 e. The Kier molecular flexibility index (Phi) is 4.84. The normalized spacial score (nSPS) is 50.1. The molecule has 28 heavy (non-hydrogen) atoms. The summed E-state index contributed by atoms with van der Waals surface area (Å²) in [6.45, 7) is 7.59. The molecule has 0 spiro atoms. The molecule has 0 aliphatic heterocycles. The fourth-order valence-corrected chi connectivity index (χ4v) is 7.89. The van der Waals surface area contributed by atoms with Gasteiger partial charge >= 0.3 is 11.9 Å². The highest BCUT2D eigenvalue weighted by molar-refractivity contribution is 5.66. The molecule has 4 rings (SSSR count). The first-order valence-electron chi connectivity index (χ1n) is 11.2. The van der Waals surface area contributed by atoms with E-state index in [2.05, 4.69) is 13.8 Å². The molecular weight excluding hydrogens is 356 g/mol. The van der Waals surface area contributed by atoms with E-state index in [1.54, 1.807) is 0 Å². The van der Waals surface area contributed by atoms with Crippen molar-refractivity contribution in [3.63, 3.8) is 0 Å². The Labute approximate surface area is 168 Å². The molecule has 0 heterocycles. The van der Waals surface area contributed by atoms with E-state index in [4.69, 9.17) is 9.47 Å². The zero-order valence-electron chi connectivity index (χ0n) is 17.8. The second-order valence-electron chi connectivity index (χ2n) is 10.6. The number of carbonyl (C=O) groups excluding carboxylic acids is 2. The van der Waals surface area contributed by atoms with E-state index in [0.29, 0.717) is 24.2 Å². The highest BCUT2D eigenvalue weighted by atomic mass is 16.5. The Hall–Kier alpha value is -1.10. The number of fused-ring (bicyclic) bond motifs is 5. The maximum atomic E-state index is 11.7. The monoisotopic (exact) mass is 392 g/mol. The quantitative estimate of drug-likeness (QED) is 0.719. The van der Waals surface area contributed by atoms with Crippen molar-refractivity contribution in [3.8, 4) is 0 Å². The van der Waals surface area contributed by atoms with Crippen LogP contribution in [0.1, 0.15) is 85.5 Å². The van der Waals surface area contributed by atoms with Crippen molar-refractivity contribution in [2.24, 2.45) is 28.6 Å². The smallest absolute Gasteiger partial charge is 0.302 e. The lowest BCUT2D eigenvalue weighted by Gasteiger charge is -2.63. The van der Waals surface area contributed by atoms with Crippen LogP contribution in [-0.4, -0.2) is 34.9 Å². The van der Waals surface area contributed by atoms with Gasteiger partial charge in [0.1, 0.15) is 12.2 Å². The molecule has 4 saturated carbocycles. The fraction of sp³-hybridized carbons (Fsp3) is 0.913. The summed E-state index contributed by atoms with van der Waals surface area (Å²) in [6, 6.07) is 0. The van der Waals surface area contributed by atoms with Crippen LogP contribution in [-0.2, 0) is 19.1 Å². The van der Waals surface area contributed by atoms with Crippen LogP contribution in [0.3, 0.4) is 0 Å². The number of hydrogen-bond acceptors (Lipinski definition) is 5. The first-order valence-corrected chi connectivity index (χ1v) is 11.2. The Morgan fingerprint density at radius 2 is 1.57 bits per heavy atom. The van der Waals surface area contributed by atoms with E-state index >= 15 is 0 Å². The Morgan fingerprint density at radius 3 is 2.25 bits per heavy atom. The molecule has 0 aromatic carbocycles. The van der Waals surface area contributed by atoms with Gasteiger partial charge in [0.25, 0.3) is 0 Å². The van der Waals surface area contributed by atoms with E-state index in [-0.39, 0.29) is 35.0 Å². The van der Waals surface area contributed by atoms with E-state index in [1.165, 1.54) is 13.8 Å². The number of rotatable bonds is 2. The molecule has 1 N–H and O–H groups in total. The lowest BCUT2D eigenvalue weighted by Crippen LogP contribution is -2.63. The first kappa shape index (κ1) is 20.2. The third-order valence-corrected chi connectivity index (χ3v) is 9.31. The molecule has 0 radical (unpaired) electrons.